The smallest absolute Gasteiger partial charge is 0.378 e. The van der Waals surface area contributed by atoms with E-state index >= 15 is 0 Å². The van der Waals surface area contributed by atoms with E-state index in [0.29, 0.717) is 11.8 Å². The summed E-state index contributed by atoms with van der Waals surface area (Å²) < 4.78 is 89.9. The lowest BCUT2D eigenvalue weighted by Gasteiger charge is -2.25. The average molecular weight is 583 g/mol. The van der Waals surface area contributed by atoms with Gasteiger partial charge in [-0.1, -0.05) is 23.9 Å². The van der Waals surface area contributed by atoms with Crippen LogP contribution in [0.2, 0.25) is 0 Å². The van der Waals surface area contributed by atoms with Gasteiger partial charge in [0.05, 0.1) is 29.9 Å². The number of benzene rings is 2. The molecule has 1 aliphatic rings. The summed E-state index contributed by atoms with van der Waals surface area (Å²) in [6.45, 7) is 0.945. The van der Waals surface area contributed by atoms with Crippen LogP contribution in [-0.2, 0) is 21.9 Å². The maximum atomic E-state index is 14.2. The van der Waals surface area contributed by atoms with Crippen molar-refractivity contribution in [1.82, 2.24) is 14.9 Å². The fourth-order valence-electron chi connectivity index (χ4n) is 3.84. The summed E-state index contributed by atoms with van der Waals surface area (Å²) in [5.74, 6) is -1.22. The zero-order chi connectivity index (χ0) is 28.9. The Kier molecular flexibility index (Phi) is 8.79. The molecular weight excluding hydrogens is 562 g/mol. The van der Waals surface area contributed by atoms with E-state index in [4.69, 9.17) is 4.74 Å². The Hall–Kier alpha value is -3.91. The van der Waals surface area contributed by atoms with Gasteiger partial charge in [-0.3, -0.25) is 9.59 Å². The van der Waals surface area contributed by atoms with Crippen molar-refractivity contribution in [3.8, 4) is 0 Å². The zero-order valence-corrected chi connectivity index (χ0v) is 21.2. The van der Waals surface area contributed by atoms with E-state index in [2.05, 4.69) is 15.3 Å². The van der Waals surface area contributed by atoms with Crippen molar-refractivity contribution >= 4 is 35.3 Å². The van der Waals surface area contributed by atoms with Gasteiger partial charge >= 0.3 is 12.4 Å². The molecule has 0 saturated carbocycles. The number of carbonyl (C=O) groups is 2. The van der Waals surface area contributed by atoms with Gasteiger partial charge < -0.3 is 15.0 Å². The van der Waals surface area contributed by atoms with Crippen LogP contribution in [0.15, 0.2) is 71.0 Å². The highest BCUT2D eigenvalue weighted by molar-refractivity contribution is 7.99. The summed E-state index contributed by atoms with van der Waals surface area (Å²) in [6.07, 6.45) is -5.42. The fourth-order valence-corrected chi connectivity index (χ4v) is 4.89. The van der Waals surface area contributed by atoms with Crippen molar-refractivity contribution in [2.45, 2.75) is 22.1 Å². The number of rotatable bonds is 6. The number of halogens is 6. The third-order valence-electron chi connectivity index (χ3n) is 5.64. The van der Waals surface area contributed by atoms with Crippen molar-refractivity contribution < 1.29 is 40.7 Å². The monoisotopic (exact) mass is 582 g/mol. The van der Waals surface area contributed by atoms with Crippen molar-refractivity contribution in [3.05, 3.63) is 83.4 Å². The molecule has 0 unspecified atom stereocenters. The summed E-state index contributed by atoms with van der Waals surface area (Å²) in [4.78, 5) is 33.0. The third-order valence-corrected chi connectivity index (χ3v) is 6.69. The first-order valence-corrected chi connectivity index (χ1v) is 12.5. The Morgan fingerprint density at radius 2 is 1.62 bits per heavy atom. The number of amides is 2. The largest absolute Gasteiger partial charge is 0.418 e. The van der Waals surface area contributed by atoms with Crippen molar-refractivity contribution in [2.75, 3.05) is 31.6 Å². The number of aromatic nitrogens is 2. The molecule has 3 aromatic rings. The van der Waals surface area contributed by atoms with Crippen LogP contribution in [0.4, 0.5) is 32.0 Å². The molecule has 2 amide bonds. The minimum Gasteiger partial charge on any atom is -0.378 e. The quantitative estimate of drug-likeness (QED) is 0.293. The molecule has 0 aliphatic carbocycles. The Balaban J connectivity index is 1.67. The van der Waals surface area contributed by atoms with Crippen LogP contribution in [0.1, 0.15) is 27.0 Å². The van der Waals surface area contributed by atoms with Gasteiger partial charge in [0.2, 0.25) is 5.91 Å². The third kappa shape index (κ3) is 7.18. The highest BCUT2D eigenvalue weighted by Crippen LogP contribution is 2.48. The second kappa shape index (κ2) is 12.1. The molecule has 1 saturated heterocycles. The number of anilines is 1. The summed E-state index contributed by atoms with van der Waals surface area (Å²) in [7, 11) is 0. The normalized spacial score (nSPS) is 14.4. The first-order chi connectivity index (χ1) is 18.9. The van der Waals surface area contributed by atoms with E-state index in [-0.39, 0.29) is 42.4 Å². The van der Waals surface area contributed by atoms with Crippen LogP contribution in [-0.4, -0.2) is 53.0 Å². The number of hydrogen-bond acceptors (Lipinski definition) is 6. The van der Waals surface area contributed by atoms with Crippen LogP contribution in [0.5, 0.6) is 0 Å². The topological polar surface area (TPSA) is 84.4 Å². The molecule has 0 bridgehead atoms. The fraction of sp³-hybridized carbons (Fsp3) is 0.231. The van der Waals surface area contributed by atoms with Crippen LogP contribution in [0.25, 0.3) is 6.08 Å². The van der Waals surface area contributed by atoms with Gasteiger partial charge in [-0.05, 0) is 35.9 Å². The highest BCUT2D eigenvalue weighted by atomic mass is 32.2. The van der Waals surface area contributed by atoms with Crippen molar-refractivity contribution in [2.24, 2.45) is 0 Å². The number of hydrogen-bond donors (Lipinski definition) is 1. The van der Waals surface area contributed by atoms with Gasteiger partial charge in [0, 0.05) is 47.0 Å². The predicted octanol–water partition coefficient (Wildman–Crippen LogP) is 5.79. The predicted molar refractivity (Wildman–Crippen MR) is 133 cm³/mol. The lowest BCUT2D eigenvalue weighted by atomic mass is 9.99. The van der Waals surface area contributed by atoms with E-state index in [1.807, 2.05) is 0 Å². The first-order valence-electron chi connectivity index (χ1n) is 11.6. The maximum absolute atomic E-state index is 14.2. The number of nitrogens with one attached hydrogen (secondary N) is 1. The van der Waals surface area contributed by atoms with Crippen molar-refractivity contribution in [3.63, 3.8) is 0 Å². The van der Waals surface area contributed by atoms with E-state index in [1.54, 1.807) is 0 Å². The molecule has 1 fully saturated rings. The van der Waals surface area contributed by atoms with Gasteiger partial charge in [-0.15, -0.1) is 0 Å². The molecule has 0 spiro atoms. The van der Waals surface area contributed by atoms with Crippen LogP contribution in [0, 0.1) is 0 Å². The average Bonchev–Trinajstić information content (AvgIpc) is 2.92. The molecule has 2 aromatic carbocycles. The number of alkyl halides is 6. The zero-order valence-electron chi connectivity index (χ0n) is 20.4. The van der Waals surface area contributed by atoms with Gasteiger partial charge in [-0.2, -0.15) is 26.3 Å². The molecule has 0 atom stereocenters. The van der Waals surface area contributed by atoms with Crippen LogP contribution < -0.4 is 5.32 Å². The number of nitrogens with zero attached hydrogens (tertiary/aromatic N) is 3. The number of ether oxygens (including phenoxy) is 1. The maximum Gasteiger partial charge on any atom is 0.418 e. The summed E-state index contributed by atoms with van der Waals surface area (Å²) in [5, 5.41) is 2.54. The second-order valence-electron chi connectivity index (χ2n) is 8.38. The summed E-state index contributed by atoms with van der Waals surface area (Å²) in [5.41, 5.74) is -4.24. The molecule has 1 aliphatic heterocycles. The molecule has 0 radical (unpaired) electrons. The van der Waals surface area contributed by atoms with Gasteiger partial charge in [0.25, 0.3) is 5.91 Å². The molecule has 210 valence electrons. The Labute approximate surface area is 228 Å². The molecule has 40 heavy (non-hydrogen) atoms. The molecule has 4 rings (SSSR count). The highest BCUT2D eigenvalue weighted by Gasteiger charge is 2.46. The first kappa shape index (κ1) is 29.1. The van der Waals surface area contributed by atoms with E-state index in [0.717, 1.165) is 24.3 Å². The number of morpholine rings is 1. The van der Waals surface area contributed by atoms with Crippen LogP contribution >= 0.6 is 11.8 Å². The summed E-state index contributed by atoms with van der Waals surface area (Å²) >= 11 is 0.455. The molecule has 1 aromatic heterocycles. The molecular formula is C26H20F6N4O3S. The Morgan fingerprint density at radius 3 is 2.27 bits per heavy atom. The van der Waals surface area contributed by atoms with Gasteiger partial charge in [0.15, 0.2) is 0 Å². The lowest BCUT2D eigenvalue weighted by Crippen LogP contribution is -2.39. The summed E-state index contributed by atoms with van der Waals surface area (Å²) in [6, 6.07) is 7.45. The number of carbonyl (C=O) groups excluding carboxylic acids is 2. The standard InChI is InChI=1S/C26H20F6N4O3S/c27-25(28,29)22-16(5-7-21(37)36-8-10-39-11-9-36)4-6-20(23(22)26(30,31)32)40-19-3-1-2-18(12-19)35-24(38)17-13-33-15-34-14-17/h1-7,12-15H,8-11H2,(H,35,38). The van der Waals surface area contributed by atoms with Crippen LogP contribution in [0.3, 0.4) is 0 Å². The molecule has 7 nitrogen and oxygen atoms in total. The molecule has 2 heterocycles. The van der Waals surface area contributed by atoms with E-state index < -0.39 is 45.8 Å². The second-order valence-corrected chi connectivity index (χ2v) is 9.50. The molecule has 14 heteroatoms. The van der Waals surface area contributed by atoms with E-state index in [1.165, 1.54) is 47.9 Å². The SMILES string of the molecule is O=C(Nc1cccc(Sc2ccc(C=CC(=O)N3CCOCC3)c(C(F)(F)F)c2C(F)(F)F)c1)c1cncnc1. The van der Waals surface area contributed by atoms with Gasteiger partial charge in [-0.25, -0.2) is 9.97 Å². The molecule has 1 N–H and O–H groups in total. The Morgan fingerprint density at radius 1 is 0.950 bits per heavy atom. The van der Waals surface area contributed by atoms with Crippen molar-refractivity contribution in [1.29, 1.82) is 0 Å². The van der Waals surface area contributed by atoms with Gasteiger partial charge in [0.1, 0.15) is 6.33 Å². The van der Waals surface area contributed by atoms with E-state index in [9.17, 15) is 35.9 Å². The Bertz CT molecular complexity index is 1410. The lowest BCUT2D eigenvalue weighted by molar-refractivity contribution is -0.163. The minimum atomic E-state index is -5.38. The minimum absolute atomic E-state index is 0.130.